The van der Waals surface area contributed by atoms with Gasteiger partial charge in [-0.15, -0.1) is 0 Å². The van der Waals surface area contributed by atoms with Crippen LogP contribution in [0.2, 0.25) is 5.28 Å². The second-order valence-electron chi connectivity index (χ2n) is 7.88. The summed E-state index contributed by atoms with van der Waals surface area (Å²) in [4.78, 5) is 12.0. The third kappa shape index (κ3) is 5.11. The lowest BCUT2D eigenvalue weighted by atomic mass is 10.2. The van der Waals surface area contributed by atoms with E-state index in [1.54, 1.807) is 0 Å². The van der Waals surface area contributed by atoms with E-state index in [1.165, 1.54) is 11.1 Å². The Balaban J connectivity index is 0.000000142. The van der Waals surface area contributed by atoms with Crippen molar-refractivity contribution in [3.8, 4) is 0 Å². The zero-order valence-electron chi connectivity index (χ0n) is 18.5. The summed E-state index contributed by atoms with van der Waals surface area (Å²) in [6, 6.07) is 36.5. The van der Waals surface area contributed by atoms with Gasteiger partial charge in [-0.05, 0) is 47.0 Å². The number of nitrogens with zero attached hydrogens (tertiary/aromatic N) is 3. The number of hydrogen-bond acceptors (Lipinski definition) is 3. The largest absolute Gasteiger partial charge is 0.352 e. The standard InChI is InChI=1S/C14H11ClN2.C14H13N3/c15-14-16-12-8-4-5-9-13(12)17(14)10-11-6-2-1-3-7-11;1-2-6-11(7-3-1)10-15-14-16-12-8-4-5-9-13(12)17-14/h1-9H,10H2;1-9H,10H2,(H2,15,16,17). The van der Waals surface area contributed by atoms with E-state index in [0.717, 1.165) is 41.1 Å². The Morgan fingerprint density at radius 3 is 2.03 bits per heavy atom. The van der Waals surface area contributed by atoms with E-state index < -0.39 is 0 Å². The molecule has 0 fully saturated rings. The van der Waals surface area contributed by atoms with Crippen LogP contribution >= 0.6 is 11.6 Å². The molecule has 6 aromatic rings. The fourth-order valence-electron chi connectivity index (χ4n) is 3.78. The molecule has 168 valence electrons. The number of benzene rings is 4. The van der Waals surface area contributed by atoms with E-state index >= 15 is 0 Å². The van der Waals surface area contributed by atoms with Crippen LogP contribution < -0.4 is 5.32 Å². The molecular weight excluding hydrogens is 442 g/mol. The summed E-state index contributed by atoms with van der Waals surface area (Å²) in [5, 5.41) is 3.82. The lowest BCUT2D eigenvalue weighted by Crippen LogP contribution is -2.00. The van der Waals surface area contributed by atoms with Crippen LogP contribution in [0.5, 0.6) is 0 Å². The van der Waals surface area contributed by atoms with E-state index in [1.807, 2.05) is 89.5 Å². The highest BCUT2D eigenvalue weighted by molar-refractivity contribution is 6.29. The zero-order valence-corrected chi connectivity index (χ0v) is 19.3. The van der Waals surface area contributed by atoms with Gasteiger partial charge in [-0.1, -0.05) is 84.9 Å². The van der Waals surface area contributed by atoms with Crippen molar-refractivity contribution in [2.75, 3.05) is 5.32 Å². The fraction of sp³-hybridized carbons (Fsp3) is 0.0714. The van der Waals surface area contributed by atoms with E-state index in [2.05, 4.69) is 44.5 Å². The zero-order chi connectivity index (χ0) is 23.2. The number of anilines is 1. The van der Waals surface area contributed by atoms with Gasteiger partial charge in [0, 0.05) is 6.54 Å². The summed E-state index contributed by atoms with van der Waals surface area (Å²) in [5.41, 5.74) is 6.52. The van der Waals surface area contributed by atoms with Gasteiger partial charge < -0.3 is 14.9 Å². The van der Waals surface area contributed by atoms with Gasteiger partial charge in [-0.25, -0.2) is 9.97 Å². The monoisotopic (exact) mass is 465 g/mol. The summed E-state index contributed by atoms with van der Waals surface area (Å²) in [6.45, 7) is 1.53. The Morgan fingerprint density at radius 2 is 1.29 bits per heavy atom. The predicted octanol–water partition coefficient (Wildman–Crippen LogP) is 6.91. The molecule has 0 saturated carbocycles. The number of halogens is 1. The third-order valence-corrected chi connectivity index (χ3v) is 5.77. The van der Waals surface area contributed by atoms with Gasteiger partial charge in [0.25, 0.3) is 0 Å². The van der Waals surface area contributed by atoms with Crippen molar-refractivity contribution in [2.45, 2.75) is 13.1 Å². The van der Waals surface area contributed by atoms with Gasteiger partial charge in [-0.2, -0.15) is 0 Å². The highest BCUT2D eigenvalue weighted by Crippen LogP contribution is 2.21. The molecule has 0 spiro atoms. The molecule has 2 N–H and O–H groups in total. The number of fused-ring (bicyclic) bond motifs is 2. The van der Waals surface area contributed by atoms with Crippen LogP contribution in [0.3, 0.4) is 0 Å². The Bertz CT molecular complexity index is 1460. The molecule has 0 bridgehead atoms. The maximum absolute atomic E-state index is 6.17. The van der Waals surface area contributed by atoms with Crippen LogP contribution in [0.4, 0.5) is 5.95 Å². The van der Waals surface area contributed by atoms with Crippen molar-refractivity contribution in [1.29, 1.82) is 0 Å². The van der Waals surface area contributed by atoms with E-state index in [-0.39, 0.29) is 0 Å². The van der Waals surface area contributed by atoms with E-state index in [9.17, 15) is 0 Å². The number of imidazole rings is 2. The van der Waals surface area contributed by atoms with Crippen LogP contribution in [0.1, 0.15) is 11.1 Å². The predicted molar refractivity (Wildman–Crippen MR) is 140 cm³/mol. The molecule has 0 radical (unpaired) electrons. The van der Waals surface area contributed by atoms with Crippen LogP contribution in [0.25, 0.3) is 22.1 Å². The maximum atomic E-state index is 6.17. The molecule has 5 nitrogen and oxygen atoms in total. The van der Waals surface area contributed by atoms with Gasteiger partial charge in [-0.3, -0.25) is 0 Å². The number of aromatic amines is 1. The van der Waals surface area contributed by atoms with E-state index in [0.29, 0.717) is 5.28 Å². The first kappa shape index (κ1) is 21.7. The summed E-state index contributed by atoms with van der Waals surface area (Å²) in [5.74, 6) is 0.815. The lowest BCUT2D eigenvalue weighted by molar-refractivity contribution is 0.826. The molecule has 0 unspecified atom stereocenters. The van der Waals surface area contributed by atoms with Gasteiger partial charge in [0.2, 0.25) is 11.2 Å². The molecule has 2 aromatic heterocycles. The van der Waals surface area contributed by atoms with Crippen LogP contribution in [-0.4, -0.2) is 19.5 Å². The van der Waals surface area contributed by atoms with Gasteiger partial charge in [0.15, 0.2) is 0 Å². The first-order chi connectivity index (χ1) is 16.8. The Morgan fingerprint density at radius 1 is 0.676 bits per heavy atom. The molecule has 6 heteroatoms. The summed E-state index contributed by atoms with van der Waals surface area (Å²) in [6.07, 6.45) is 0. The molecule has 0 aliphatic heterocycles. The first-order valence-electron chi connectivity index (χ1n) is 11.1. The first-order valence-corrected chi connectivity index (χ1v) is 11.5. The summed E-state index contributed by atoms with van der Waals surface area (Å²) >= 11 is 6.17. The number of H-pyrrole nitrogens is 1. The van der Waals surface area contributed by atoms with Crippen molar-refractivity contribution in [3.63, 3.8) is 0 Å². The average molecular weight is 466 g/mol. The molecule has 6 rings (SSSR count). The van der Waals surface area contributed by atoms with Gasteiger partial charge in [0.1, 0.15) is 0 Å². The smallest absolute Gasteiger partial charge is 0.204 e. The molecule has 4 aromatic carbocycles. The van der Waals surface area contributed by atoms with Crippen molar-refractivity contribution in [3.05, 3.63) is 126 Å². The van der Waals surface area contributed by atoms with E-state index in [4.69, 9.17) is 11.6 Å². The average Bonchev–Trinajstić information content (AvgIpc) is 3.45. The fourth-order valence-corrected chi connectivity index (χ4v) is 4.02. The number of hydrogen-bond donors (Lipinski definition) is 2. The molecule has 34 heavy (non-hydrogen) atoms. The molecule has 0 aliphatic carbocycles. The van der Waals surface area contributed by atoms with Gasteiger partial charge >= 0.3 is 0 Å². The number of aromatic nitrogens is 4. The van der Waals surface area contributed by atoms with Crippen LogP contribution in [0.15, 0.2) is 109 Å². The van der Waals surface area contributed by atoms with Crippen molar-refractivity contribution in [1.82, 2.24) is 19.5 Å². The second kappa shape index (κ2) is 10.2. The Labute approximate surface area is 203 Å². The van der Waals surface area contributed by atoms with Crippen molar-refractivity contribution < 1.29 is 0 Å². The van der Waals surface area contributed by atoms with Crippen LogP contribution in [-0.2, 0) is 13.1 Å². The molecule has 2 heterocycles. The minimum atomic E-state index is 0.537. The SMILES string of the molecule is Clc1nc2ccccc2n1Cc1ccccc1.c1ccc(CNc2nc3ccccc3[nH]2)cc1. The molecule has 0 atom stereocenters. The Kier molecular flexibility index (Phi) is 6.54. The Hall–Kier alpha value is -4.09. The number of nitrogens with one attached hydrogen (secondary N) is 2. The molecule has 0 aliphatic rings. The van der Waals surface area contributed by atoms with Crippen molar-refractivity contribution >= 4 is 39.6 Å². The van der Waals surface area contributed by atoms with Gasteiger partial charge in [0.05, 0.1) is 28.6 Å². The summed E-state index contributed by atoms with van der Waals surface area (Å²) in [7, 11) is 0. The lowest BCUT2D eigenvalue weighted by Gasteiger charge is -2.05. The minimum absolute atomic E-state index is 0.537. The molecular formula is C28H24ClN5. The quantitative estimate of drug-likeness (QED) is 0.290. The molecule has 0 amide bonds. The molecule has 0 saturated heterocycles. The highest BCUT2D eigenvalue weighted by Gasteiger charge is 2.08. The maximum Gasteiger partial charge on any atom is 0.204 e. The van der Waals surface area contributed by atoms with Crippen molar-refractivity contribution in [2.24, 2.45) is 0 Å². The van der Waals surface area contributed by atoms with Crippen LogP contribution in [0, 0.1) is 0 Å². The minimum Gasteiger partial charge on any atom is -0.352 e. The summed E-state index contributed by atoms with van der Waals surface area (Å²) < 4.78 is 2.02. The second-order valence-corrected chi connectivity index (χ2v) is 8.22. The number of para-hydroxylation sites is 4. The highest BCUT2D eigenvalue weighted by atomic mass is 35.5. The normalized spacial score (nSPS) is 10.7. The topological polar surface area (TPSA) is 58.5 Å². The third-order valence-electron chi connectivity index (χ3n) is 5.48. The number of rotatable bonds is 5.